The van der Waals surface area contributed by atoms with Gasteiger partial charge in [-0.3, -0.25) is 4.79 Å². The maximum Gasteiger partial charge on any atom is 0.272 e. The topological polar surface area (TPSA) is 70.6 Å². The van der Waals surface area contributed by atoms with Crippen LogP contribution in [0, 0.1) is 0 Å². The van der Waals surface area contributed by atoms with Gasteiger partial charge < -0.3 is 19.9 Å². The number of ether oxygens (including phenoxy) is 1. The number of anilines is 2. The second-order valence-electron chi connectivity index (χ2n) is 7.09. The Morgan fingerprint density at radius 3 is 2.53 bits per heavy atom. The molecular formula is C23H25N5O2. The van der Waals surface area contributed by atoms with Gasteiger partial charge in [-0.25, -0.2) is 0 Å². The molecule has 2 aromatic carbocycles. The van der Waals surface area contributed by atoms with Gasteiger partial charge in [0.05, 0.1) is 7.11 Å². The van der Waals surface area contributed by atoms with Crippen LogP contribution in [0.4, 0.5) is 11.5 Å². The van der Waals surface area contributed by atoms with Crippen LogP contribution in [0.15, 0.2) is 61.2 Å². The molecule has 30 heavy (non-hydrogen) atoms. The van der Waals surface area contributed by atoms with Crippen LogP contribution in [0.3, 0.4) is 0 Å². The Morgan fingerprint density at radius 2 is 1.80 bits per heavy atom. The third kappa shape index (κ3) is 3.91. The molecule has 0 saturated carbocycles. The summed E-state index contributed by atoms with van der Waals surface area (Å²) >= 11 is 0. The van der Waals surface area contributed by atoms with Crippen molar-refractivity contribution in [1.82, 2.24) is 15.5 Å². The molecule has 1 amide bonds. The summed E-state index contributed by atoms with van der Waals surface area (Å²) in [6, 6.07) is 15.9. The van der Waals surface area contributed by atoms with Crippen molar-refractivity contribution in [3.8, 4) is 5.75 Å². The number of piperazine rings is 1. The van der Waals surface area contributed by atoms with Gasteiger partial charge in [-0.05, 0) is 12.1 Å². The number of nitrogens with zero attached hydrogens (tertiary/aromatic N) is 4. The monoisotopic (exact) mass is 403 g/mol. The molecule has 1 aromatic heterocycles. The normalized spacial score (nSPS) is 13.9. The summed E-state index contributed by atoms with van der Waals surface area (Å²) in [5.74, 6) is 1.43. The van der Waals surface area contributed by atoms with Gasteiger partial charge in [0.1, 0.15) is 5.75 Å². The number of amides is 1. The average Bonchev–Trinajstić information content (AvgIpc) is 2.82. The standard InChI is InChI=1S/C23H25N5O2/c1-3-11-24-23(29)21-19-9-4-5-10-20(19)22(26-25-21)28-14-12-27(13-15-28)17-7-6-8-18(16-17)30-2/h3-10,16H,1,11-15H2,2H3,(H,24,29). The highest BCUT2D eigenvalue weighted by Gasteiger charge is 2.22. The van der Waals surface area contributed by atoms with Gasteiger partial charge >= 0.3 is 0 Å². The van der Waals surface area contributed by atoms with Gasteiger partial charge in [0.2, 0.25) is 0 Å². The molecule has 2 heterocycles. The van der Waals surface area contributed by atoms with Crippen LogP contribution in [-0.4, -0.2) is 55.9 Å². The van der Waals surface area contributed by atoms with Crippen LogP contribution in [0.5, 0.6) is 5.75 Å². The smallest absolute Gasteiger partial charge is 0.272 e. The molecule has 1 fully saturated rings. The van der Waals surface area contributed by atoms with Crippen molar-refractivity contribution in [3.05, 3.63) is 66.9 Å². The number of aromatic nitrogens is 2. The zero-order valence-corrected chi connectivity index (χ0v) is 17.0. The molecule has 4 rings (SSSR count). The minimum Gasteiger partial charge on any atom is -0.497 e. The average molecular weight is 403 g/mol. The van der Waals surface area contributed by atoms with E-state index >= 15 is 0 Å². The van der Waals surface area contributed by atoms with Crippen molar-refractivity contribution in [2.24, 2.45) is 0 Å². The van der Waals surface area contributed by atoms with E-state index in [0.29, 0.717) is 12.2 Å². The van der Waals surface area contributed by atoms with Gasteiger partial charge in [0, 0.05) is 55.2 Å². The summed E-state index contributed by atoms with van der Waals surface area (Å²) in [7, 11) is 1.68. The van der Waals surface area contributed by atoms with Crippen molar-refractivity contribution in [2.75, 3.05) is 49.6 Å². The maximum absolute atomic E-state index is 12.5. The van der Waals surface area contributed by atoms with E-state index in [1.54, 1.807) is 13.2 Å². The quantitative estimate of drug-likeness (QED) is 0.638. The van der Waals surface area contributed by atoms with E-state index in [0.717, 1.165) is 54.2 Å². The third-order valence-corrected chi connectivity index (χ3v) is 5.29. The number of methoxy groups -OCH3 is 1. The number of nitrogens with one attached hydrogen (secondary N) is 1. The van der Waals surface area contributed by atoms with Crippen LogP contribution in [0.1, 0.15) is 10.5 Å². The fraction of sp³-hybridized carbons (Fsp3) is 0.261. The molecule has 0 unspecified atom stereocenters. The fourth-order valence-corrected chi connectivity index (χ4v) is 3.72. The minimum atomic E-state index is -0.243. The van der Waals surface area contributed by atoms with Crippen molar-refractivity contribution < 1.29 is 9.53 Å². The molecule has 0 bridgehead atoms. The van der Waals surface area contributed by atoms with Crippen molar-refractivity contribution in [2.45, 2.75) is 0 Å². The van der Waals surface area contributed by atoms with E-state index in [1.807, 2.05) is 36.4 Å². The number of rotatable bonds is 6. The summed E-state index contributed by atoms with van der Waals surface area (Å²) in [5.41, 5.74) is 1.49. The second-order valence-corrected chi connectivity index (χ2v) is 7.09. The van der Waals surface area contributed by atoms with E-state index < -0.39 is 0 Å². The number of benzene rings is 2. The first-order valence-corrected chi connectivity index (χ1v) is 9.99. The van der Waals surface area contributed by atoms with E-state index in [4.69, 9.17) is 4.74 Å². The molecule has 1 N–H and O–H groups in total. The lowest BCUT2D eigenvalue weighted by molar-refractivity contribution is 0.0954. The summed E-state index contributed by atoms with van der Waals surface area (Å²) in [6.07, 6.45) is 1.64. The SMILES string of the molecule is C=CCNC(=O)c1nnc(N2CCN(c3cccc(OC)c3)CC2)c2ccccc12. The Kier molecular flexibility index (Phi) is 5.79. The molecule has 0 aliphatic carbocycles. The molecule has 1 saturated heterocycles. The number of carbonyl (C=O) groups excluding carboxylic acids is 1. The number of carbonyl (C=O) groups is 1. The zero-order chi connectivity index (χ0) is 20.9. The van der Waals surface area contributed by atoms with Crippen LogP contribution >= 0.6 is 0 Å². The van der Waals surface area contributed by atoms with Gasteiger partial charge in [-0.1, -0.05) is 36.4 Å². The van der Waals surface area contributed by atoms with Gasteiger partial charge in [0.15, 0.2) is 11.5 Å². The van der Waals surface area contributed by atoms with Crippen molar-refractivity contribution in [3.63, 3.8) is 0 Å². The van der Waals surface area contributed by atoms with Crippen molar-refractivity contribution in [1.29, 1.82) is 0 Å². The first-order valence-electron chi connectivity index (χ1n) is 9.99. The number of hydrogen-bond donors (Lipinski definition) is 1. The Bertz CT molecular complexity index is 1060. The number of hydrogen-bond acceptors (Lipinski definition) is 6. The van der Waals surface area contributed by atoms with Crippen LogP contribution in [0.2, 0.25) is 0 Å². The van der Waals surface area contributed by atoms with Crippen molar-refractivity contribution >= 4 is 28.2 Å². The molecule has 1 aliphatic heterocycles. The lowest BCUT2D eigenvalue weighted by Gasteiger charge is -2.37. The van der Waals surface area contributed by atoms with Gasteiger partial charge in [-0.15, -0.1) is 16.8 Å². The Morgan fingerprint density at radius 1 is 1.07 bits per heavy atom. The molecule has 154 valence electrons. The summed E-state index contributed by atoms with van der Waals surface area (Å²) in [6.45, 7) is 7.39. The van der Waals surface area contributed by atoms with Gasteiger partial charge in [-0.2, -0.15) is 0 Å². The van der Waals surface area contributed by atoms with E-state index in [1.165, 1.54) is 0 Å². The van der Waals surface area contributed by atoms with E-state index in [-0.39, 0.29) is 5.91 Å². The largest absolute Gasteiger partial charge is 0.497 e. The van der Waals surface area contributed by atoms with Crippen LogP contribution in [-0.2, 0) is 0 Å². The molecule has 7 nitrogen and oxygen atoms in total. The maximum atomic E-state index is 12.5. The Hall–Kier alpha value is -3.61. The Labute approximate surface area is 176 Å². The molecule has 1 aliphatic rings. The lowest BCUT2D eigenvalue weighted by atomic mass is 10.1. The molecule has 0 spiro atoms. The predicted molar refractivity (Wildman–Crippen MR) is 119 cm³/mol. The summed E-state index contributed by atoms with van der Waals surface area (Å²) in [4.78, 5) is 17.0. The molecule has 0 atom stereocenters. The summed E-state index contributed by atoms with van der Waals surface area (Å²) < 4.78 is 5.35. The molecule has 7 heteroatoms. The van der Waals surface area contributed by atoms with Gasteiger partial charge in [0.25, 0.3) is 5.91 Å². The molecular weight excluding hydrogens is 378 g/mol. The zero-order valence-electron chi connectivity index (χ0n) is 17.0. The first kappa shape index (κ1) is 19.7. The lowest BCUT2D eigenvalue weighted by Crippen LogP contribution is -2.47. The minimum absolute atomic E-state index is 0.243. The van der Waals surface area contributed by atoms with E-state index in [2.05, 4.69) is 44.0 Å². The highest BCUT2D eigenvalue weighted by molar-refractivity contribution is 6.07. The fourth-order valence-electron chi connectivity index (χ4n) is 3.72. The highest BCUT2D eigenvalue weighted by Crippen LogP contribution is 2.28. The first-order chi connectivity index (χ1) is 14.7. The van der Waals surface area contributed by atoms with Crippen LogP contribution < -0.4 is 19.9 Å². The Balaban J connectivity index is 1.56. The van der Waals surface area contributed by atoms with Crippen LogP contribution in [0.25, 0.3) is 10.8 Å². The third-order valence-electron chi connectivity index (χ3n) is 5.29. The number of fused-ring (bicyclic) bond motifs is 1. The predicted octanol–water partition coefficient (Wildman–Crippen LogP) is 2.88. The van der Waals surface area contributed by atoms with E-state index in [9.17, 15) is 4.79 Å². The highest BCUT2D eigenvalue weighted by atomic mass is 16.5. The molecule has 0 radical (unpaired) electrons. The molecule has 3 aromatic rings. The summed E-state index contributed by atoms with van der Waals surface area (Å²) in [5, 5.41) is 13.2. The second kappa shape index (κ2) is 8.82.